The summed E-state index contributed by atoms with van der Waals surface area (Å²) >= 11 is 7.52. The van der Waals surface area contributed by atoms with Crippen LogP contribution in [0.3, 0.4) is 0 Å². The molecule has 4 rings (SSSR count). The van der Waals surface area contributed by atoms with E-state index in [1.54, 1.807) is 13.1 Å². The highest BCUT2D eigenvalue weighted by Crippen LogP contribution is 2.35. The van der Waals surface area contributed by atoms with Gasteiger partial charge in [-0.05, 0) is 24.6 Å². The van der Waals surface area contributed by atoms with Crippen molar-refractivity contribution >= 4 is 39.1 Å². The predicted octanol–water partition coefficient (Wildman–Crippen LogP) is 4.88. The summed E-state index contributed by atoms with van der Waals surface area (Å²) in [6.45, 7) is 1.75. The monoisotopic (exact) mass is 455 g/mol. The fourth-order valence-corrected chi connectivity index (χ4v) is 4.70. The van der Waals surface area contributed by atoms with Gasteiger partial charge in [-0.1, -0.05) is 48.0 Å². The molecule has 0 spiro atoms. The summed E-state index contributed by atoms with van der Waals surface area (Å²) in [5.74, 6) is -0.829. The maximum absolute atomic E-state index is 14.1. The van der Waals surface area contributed by atoms with Crippen LogP contribution >= 0.6 is 22.9 Å². The molecule has 0 saturated heterocycles. The summed E-state index contributed by atoms with van der Waals surface area (Å²) in [7, 11) is 1.55. The van der Waals surface area contributed by atoms with Crippen LogP contribution in [0.2, 0.25) is 5.02 Å². The minimum absolute atomic E-state index is 0.00158. The molecule has 2 aromatic heterocycles. The fourth-order valence-electron chi connectivity index (χ4n) is 3.48. The number of likely N-dealkylation sites (N-methyl/N-ethyl adjacent to an activating group) is 1. The Balaban J connectivity index is 1.65. The maximum Gasteiger partial charge on any atom is 0.263 e. The van der Waals surface area contributed by atoms with E-state index < -0.39 is 5.82 Å². The molecule has 0 radical (unpaired) electrons. The van der Waals surface area contributed by atoms with E-state index in [1.165, 1.54) is 39.3 Å². The van der Waals surface area contributed by atoms with Crippen molar-refractivity contribution in [1.29, 1.82) is 0 Å². The number of halogens is 2. The molecule has 0 atom stereocenters. The molecule has 158 valence electrons. The number of carbonyl (C=O) groups excluding carboxylic acids is 1. The van der Waals surface area contributed by atoms with Crippen molar-refractivity contribution in [2.24, 2.45) is 0 Å². The molecule has 31 heavy (non-hydrogen) atoms. The molecule has 2 heterocycles. The first-order valence-corrected chi connectivity index (χ1v) is 10.8. The van der Waals surface area contributed by atoms with E-state index in [2.05, 4.69) is 4.98 Å². The Morgan fingerprint density at radius 3 is 2.65 bits per heavy atom. The summed E-state index contributed by atoms with van der Waals surface area (Å²) in [5, 5.41) is 0.755. The van der Waals surface area contributed by atoms with Crippen LogP contribution in [-0.2, 0) is 17.9 Å². The van der Waals surface area contributed by atoms with Crippen LogP contribution in [0.25, 0.3) is 21.3 Å². The van der Waals surface area contributed by atoms with Gasteiger partial charge in [0, 0.05) is 34.6 Å². The van der Waals surface area contributed by atoms with Gasteiger partial charge >= 0.3 is 0 Å². The number of aryl methyl sites for hydroxylation is 1. The molecule has 4 aromatic rings. The van der Waals surface area contributed by atoms with Gasteiger partial charge in [-0.2, -0.15) is 0 Å². The predicted molar refractivity (Wildman–Crippen MR) is 122 cm³/mol. The van der Waals surface area contributed by atoms with Gasteiger partial charge in [-0.15, -0.1) is 11.3 Å². The lowest BCUT2D eigenvalue weighted by atomic mass is 10.0. The molecule has 0 aliphatic rings. The van der Waals surface area contributed by atoms with Gasteiger partial charge in [0.15, 0.2) is 0 Å². The highest BCUT2D eigenvalue weighted by Gasteiger charge is 2.19. The Morgan fingerprint density at radius 1 is 1.19 bits per heavy atom. The van der Waals surface area contributed by atoms with Crippen LogP contribution in [0.5, 0.6) is 0 Å². The Labute approximate surface area is 187 Å². The molecule has 5 nitrogen and oxygen atoms in total. The van der Waals surface area contributed by atoms with Gasteiger partial charge in [0.25, 0.3) is 5.56 Å². The largest absolute Gasteiger partial charge is 0.340 e. The van der Waals surface area contributed by atoms with Crippen LogP contribution in [0, 0.1) is 12.7 Å². The molecule has 0 unspecified atom stereocenters. The van der Waals surface area contributed by atoms with Gasteiger partial charge in [0.05, 0.1) is 11.7 Å². The van der Waals surface area contributed by atoms with Crippen molar-refractivity contribution in [3.8, 4) is 11.1 Å². The van der Waals surface area contributed by atoms with Gasteiger partial charge < -0.3 is 4.90 Å². The maximum atomic E-state index is 14.1. The van der Waals surface area contributed by atoms with Crippen LogP contribution in [0.15, 0.2) is 59.7 Å². The average Bonchev–Trinajstić information content (AvgIpc) is 3.10. The first kappa shape index (κ1) is 21.2. The number of hydrogen-bond donors (Lipinski definition) is 0. The number of nitrogens with zero attached hydrogens (tertiary/aromatic N) is 3. The molecule has 0 bridgehead atoms. The van der Waals surface area contributed by atoms with Crippen molar-refractivity contribution < 1.29 is 9.18 Å². The van der Waals surface area contributed by atoms with Crippen molar-refractivity contribution in [2.75, 3.05) is 7.05 Å². The van der Waals surface area contributed by atoms with E-state index in [-0.39, 0.29) is 35.1 Å². The third-order valence-corrected chi connectivity index (χ3v) is 6.47. The zero-order chi connectivity index (χ0) is 22.1. The third kappa shape index (κ3) is 4.11. The number of rotatable bonds is 5. The van der Waals surface area contributed by atoms with Crippen LogP contribution in [0.4, 0.5) is 4.39 Å². The first-order chi connectivity index (χ1) is 14.9. The molecule has 2 aromatic carbocycles. The van der Waals surface area contributed by atoms with E-state index >= 15 is 0 Å². The zero-order valence-corrected chi connectivity index (χ0v) is 18.5. The van der Waals surface area contributed by atoms with Crippen LogP contribution in [-0.4, -0.2) is 27.4 Å². The zero-order valence-electron chi connectivity index (χ0n) is 16.9. The Hall–Kier alpha value is -3.03. The third-order valence-electron chi connectivity index (χ3n) is 5.11. The Kier molecular flexibility index (Phi) is 5.89. The number of amides is 1. The Morgan fingerprint density at radius 2 is 1.94 bits per heavy atom. The normalized spacial score (nSPS) is 11.1. The second-order valence-electron chi connectivity index (χ2n) is 7.21. The van der Waals surface area contributed by atoms with Gasteiger partial charge in [-0.3, -0.25) is 14.2 Å². The second-order valence-corrected chi connectivity index (χ2v) is 8.82. The average molecular weight is 456 g/mol. The van der Waals surface area contributed by atoms with Crippen LogP contribution < -0.4 is 5.56 Å². The topological polar surface area (TPSA) is 55.2 Å². The fraction of sp³-hybridized carbons (Fsp3) is 0.174. The van der Waals surface area contributed by atoms with E-state index in [4.69, 9.17) is 11.6 Å². The summed E-state index contributed by atoms with van der Waals surface area (Å²) in [6.07, 6.45) is 1.39. The molecule has 1 amide bonds. The van der Waals surface area contributed by atoms with Gasteiger partial charge in [0.2, 0.25) is 5.91 Å². The number of thiophene rings is 1. The number of aromatic nitrogens is 2. The Bertz CT molecular complexity index is 1310. The standard InChI is InChI=1S/C23H19ClFN3O2S/c1-14-20(15-7-4-3-5-8-15)21-22(31-14)26-13-28(23(21)30)12-19(29)27(2)11-16-17(24)9-6-10-18(16)25/h3-10,13H,11-12H2,1-2H3. The van der Waals surface area contributed by atoms with E-state index in [0.717, 1.165) is 16.0 Å². The van der Waals surface area contributed by atoms with Crippen molar-refractivity contribution in [3.63, 3.8) is 0 Å². The molecule has 0 aliphatic carbocycles. The lowest BCUT2D eigenvalue weighted by Gasteiger charge is -2.19. The van der Waals surface area contributed by atoms with Crippen LogP contribution in [0.1, 0.15) is 10.4 Å². The SMILES string of the molecule is Cc1sc2ncn(CC(=O)N(C)Cc3c(F)cccc3Cl)c(=O)c2c1-c1ccccc1. The number of hydrogen-bond acceptors (Lipinski definition) is 4. The number of benzene rings is 2. The van der Waals surface area contributed by atoms with Gasteiger partial charge in [0.1, 0.15) is 17.2 Å². The highest BCUT2D eigenvalue weighted by atomic mass is 35.5. The minimum Gasteiger partial charge on any atom is -0.340 e. The summed E-state index contributed by atoms with van der Waals surface area (Å²) in [4.78, 5) is 33.4. The molecule has 0 fully saturated rings. The van der Waals surface area contributed by atoms with E-state index in [9.17, 15) is 14.0 Å². The van der Waals surface area contributed by atoms with E-state index in [1.807, 2.05) is 37.3 Å². The van der Waals surface area contributed by atoms with Gasteiger partial charge in [-0.25, -0.2) is 9.37 Å². The highest BCUT2D eigenvalue weighted by molar-refractivity contribution is 7.19. The minimum atomic E-state index is -0.478. The lowest BCUT2D eigenvalue weighted by Crippen LogP contribution is -2.34. The molecular formula is C23H19ClFN3O2S. The molecule has 0 saturated carbocycles. The molecule has 8 heteroatoms. The smallest absolute Gasteiger partial charge is 0.263 e. The van der Waals surface area contributed by atoms with Crippen molar-refractivity contribution in [3.05, 3.63) is 86.5 Å². The molecular weight excluding hydrogens is 437 g/mol. The first-order valence-electron chi connectivity index (χ1n) is 9.57. The second kappa shape index (κ2) is 8.61. The van der Waals surface area contributed by atoms with Crippen molar-refractivity contribution in [2.45, 2.75) is 20.0 Å². The number of fused-ring (bicyclic) bond motifs is 1. The lowest BCUT2D eigenvalue weighted by molar-refractivity contribution is -0.131. The quantitative estimate of drug-likeness (QED) is 0.430. The summed E-state index contributed by atoms with van der Waals surface area (Å²) in [5.41, 5.74) is 1.73. The van der Waals surface area contributed by atoms with E-state index in [0.29, 0.717) is 10.2 Å². The summed E-state index contributed by atoms with van der Waals surface area (Å²) in [6, 6.07) is 14.0. The molecule has 0 aliphatic heterocycles. The van der Waals surface area contributed by atoms with Crippen molar-refractivity contribution in [1.82, 2.24) is 14.5 Å². The summed E-state index contributed by atoms with van der Waals surface area (Å²) < 4.78 is 15.4. The number of carbonyl (C=O) groups is 1. The molecule has 0 N–H and O–H groups in total.